The zero-order chi connectivity index (χ0) is 16.2. The highest BCUT2D eigenvalue weighted by Crippen LogP contribution is 2.24. The lowest BCUT2D eigenvalue weighted by Gasteiger charge is -2.28. The highest BCUT2D eigenvalue weighted by atomic mass is 79.9. The summed E-state index contributed by atoms with van der Waals surface area (Å²) in [4.78, 5) is 19.0. The van der Waals surface area contributed by atoms with E-state index in [0.29, 0.717) is 5.69 Å². The summed E-state index contributed by atoms with van der Waals surface area (Å²) in [5, 5.41) is 2.89. The second kappa shape index (κ2) is 7.13. The number of nitrogens with zero attached hydrogens (tertiary/aromatic N) is 2. The van der Waals surface area contributed by atoms with Crippen molar-refractivity contribution in [2.75, 3.05) is 23.3 Å². The molecule has 120 valence electrons. The number of rotatable bonds is 3. The third-order valence-electron chi connectivity index (χ3n) is 4.07. The van der Waals surface area contributed by atoms with Crippen LogP contribution in [0.5, 0.6) is 0 Å². The summed E-state index contributed by atoms with van der Waals surface area (Å²) < 4.78 is 0.871. The summed E-state index contributed by atoms with van der Waals surface area (Å²) >= 11 is 3.47. The minimum atomic E-state index is -0.195. The maximum Gasteiger partial charge on any atom is 0.274 e. The Morgan fingerprint density at radius 3 is 2.61 bits per heavy atom. The number of aryl methyl sites for hydroxylation is 1. The zero-order valence-electron chi connectivity index (χ0n) is 13.2. The fourth-order valence-corrected chi connectivity index (χ4v) is 3.36. The van der Waals surface area contributed by atoms with Gasteiger partial charge in [-0.2, -0.15) is 0 Å². The molecule has 23 heavy (non-hydrogen) atoms. The first kappa shape index (κ1) is 16.0. The first-order chi connectivity index (χ1) is 11.1. The molecule has 5 heteroatoms. The maximum atomic E-state index is 12.3. The standard InChI is InChI=1S/C18H20BrN3O/c1-13-5-7-16(15(19)11-13)21-18(23)17-8-6-14(12-20-17)22-9-3-2-4-10-22/h5-8,11-12H,2-4,9-10H2,1H3,(H,21,23). The van der Waals surface area contributed by atoms with E-state index >= 15 is 0 Å². The first-order valence-electron chi connectivity index (χ1n) is 7.92. The molecule has 0 spiro atoms. The van der Waals surface area contributed by atoms with Gasteiger partial charge in [0.2, 0.25) is 0 Å². The number of piperidine rings is 1. The molecule has 0 bridgehead atoms. The minimum Gasteiger partial charge on any atom is -0.370 e. The van der Waals surface area contributed by atoms with Crippen LogP contribution < -0.4 is 10.2 Å². The van der Waals surface area contributed by atoms with Gasteiger partial charge in [0.05, 0.1) is 17.6 Å². The van der Waals surface area contributed by atoms with Gasteiger partial charge in [-0.15, -0.1) is 0 Å². The maximum absolute atomic E-state index is 12.3. The highest BCUT2D eigenvalue weighted by molar-refractivity contribution is 9.10. The van der Waals surface area contributed by atoms with E-state index < -0.39 is 0 Å². The third kappa shape index (κ3) is 3.91. The summed E-state index contributed by atoms with van der Waals surface area (Å²) in [5.41, 5.74) is 3.41. The molecule has 1 fully saturated rings. The Bertz CT molecular complexity index is 694. The van der Waals surface area contributed by atoms with Crippen molar-refractivity contribution in [3.63, 3.8) is 0 Å². The number of nitrogens with one attached hydrogen (secondary N) is 1. The van der Waals surface area contributed by atoms with Gasteiger partial charge in [-0.1, -0.05) is 6.07 Å². The van der Waals surface area contributed by atoms with E-state index in [2.05, 4.69) is 31.1 Å². The number of amides is 1. The van der Waals surface area contributed by atoms with Crippen molar-refractivity contribution >= 4 is 33.2 Å². The molecule has 2 heterocycles. The number of aromatic nitrogens is 1. The predicted octanol–water partition coefficient (Wildman–Crippen LogP) is 4.40. The Kier molecular flexibility index (Phi) is 4.96. The smallest absolute Gasteiger partial charge is 0.274 e. The fourth-order valence-electron chi connectivity index (χ4n) is 2.77. The molecule has 0 radical (unpaired) electrons. The Hall–Kier alpha value is -1.88. The molecule has 0 unspecified atom stereocenters. The molecule has 1 N–H and O–H groups in total. The quantitative estimate of drug-likeness (QED) is 0.867. The second-order valence-corrected chi connectivity index (χ2v) is 6.74. The third-order valence-corrected chi connectivity index (χ3v) is 4.73. The molecule has 1 saturated heterocycles. The molecule has 4 nitrogen and oxygen atoms in total. The van der Waals surface area contributed by atoms with Crippen molar-refractivity contribution in [2.24, 2.45) is 0 Å². The van der Waals surface area contributed by atoms with Gasteiger partial charge in [0, 0.05) is 17.6 Å². The Balaban J connectivity index is 1.69. The zero-order valence-corrected chi connectivity index (χ0v) is 14.8. The number of pyridine rings is 1. The summed E-state index contributed by atoms with van der Waals surface area (Å²) in [6.07, 6.45) is 5.55. The molecule has 1 amide bonds. The summed E-state index contributed by atoms with van der Waals surface area (Å²) in [5.74, 6) is -0.195. The normalized spacial score (nSPS) is 14.6. The molecular formula is C18H20BrN3O. The number of hydrogen-bond acceptors (Lipinski definition) is 3. The number of carbonyl (C=O) groups excluding carboxylic acids is 1. The average Bonchev–Trinajstić information content (AvgIpc) is 2.58. The van der Waals surface area contributed by atoms with Crippen molar-refractivity contribution in [1.82, 2.24) is 4.98 Å². The van der Waals surface area contributed by atoms with Crippen LogP contribution >= 0.6 is 15.9 Å². The topological polar surface area (TPSA) is 45.2 Å². The molecule has 2 aromatic rings. The average molecular weight is 374 g/mol. The SMILES string of the molecule is Cc1ccc(NC(=O)c2ccc(N3CCCCC3)cn2)c(Br)c1. The molecule has 0 saturated carbocycles. The molecule has 0 aliphatic carbocycles. The Morgan fingerprint density at radius 1 is 1.17 bits per heavy atom. The monoisotopic (exact) mass is 373 g/mol. The van der Waals surface area contributed by atoms with Crippen LogP contribution in [0.15, 0.2) is 41.0 Å². The van der Waals surface area contributed by atoms with Crippen molar-refractivity contribution in [3.8, 4) is 0 Å². The van der Waals surface area contributed by atoms with Crippen LogP contribution in [-0.2, 0) is 0 Å². The fraction of sp³-hybridized carbons (Fsp3) is 0.333. The number of carbonyl (C=O) groups is 1. The first-order valence-corrected chi connectivity index (χ1v) is 8.71. The second-order valence-electron chi connectivity index (χ2n) is 5.89. The lowest BCUT2D eigenvalue weighted by Crippen LogP contribution is -2.29. The van der Waals surface area contributed by atoms with E-state index in [4.69, 9.17) is 0 Å². The van der Waals surface area contributed by atoms with Gasteiger partial charge in [-0.05, 0) is 71.9 Å². The molecule has 1 aromatic heterocycles. The van der Waals surface area contributed by atoms with Crippen LogP contribution in [0.4, 0.5) is 11.4 Å². The highest BCUT2D eigenvalue weighted by Gasteiger charge is 2.13. The van der Waals surface area contributed by atoms with Crippen LogP contribution in [0.2, 0.25) is 0 Å². The van der Waals surface area contributed by atoms with Crippen molar-refractivity contribution in [3.05, 3.63) is 52.3 Å². The van der Waals surface area contributed by atoms with Gasteiger partial charge in [0.25, 0.3) is 5.91 Å². The van der Waals surface area contributed by atoms with Crippen molar-refractivity contribution in [2.45, 2.75) is 26.2 Å². The number of halogens is 1. The van der Waals surface area contributed by atoms with Gasteiger partial charge >= 0.3 is 0 Å². The van der Waals surface area contributed by atoms with Crippen LogP contribution in [-0.4, -0.2) is 24.0 Å². The van der Waals surface area contributed by atoms with Crippen LogP contribution in [0.1, 0.15) is 35.3 Å². The van der Waals surface area contributed by atoms with E-state index in [-0.39, 0.29) is 5.91 Å². The largest absolute Gasteiger partial charge is 0.370 e. The predicted molar refractivity (Wildman–Crippen MR) is 97.1 cm³/mol. The molecular weight excluding hydrogens is 354 g/mol. The summed E-state index contributed by atoms with van der Waals surface area (Å²) in [6, 6.07) is 9.61. The summed E-state index contributed by atoms with van der Waals surface area (Å²) in [6.45, 7) is 4.16. The van der Waals surface area contributed by atoms with Gasteiger partial charge < -0.3 is 10.2 Å². The van der Waals surface area contributed by atoms with Gasteiger partial charge in [0.1, 0.15) is 5.69 Å². The molecule has 1 aliphatic heterocycles. The van der Waals surface area contributed by atoms with Gasteiger partial charge in [0.15, 0.2) is 0 Å². The molecule has 0 atom stereocenters. The number of benzene rings is 1. The molecule has 1 aliphatic rings. The Labute approximate surface area is 145 Å². The van der Waals surface area contributed by atoms with E-state index in [9.17, 15) is 4.79 Å². The van der Waals surface area contributed by atoms with E-state index in [1.807, 2.05) is 31.2 Å². The van der Waals surface area contributed by atoms with Gasteiger partial charge in [-0.3, -0.25) is 4.79 Å². The van der Waals surface area contributed by atoms with Gasteiger partial charge in [-0.25, -0.2) is 4.98 Å². The van der Waals surface area contributed by atoms with Crippen LogP contribution in [0.25, 0.3) is 0 Å². The van der Waals surface area contributed by atoms with E-state index in [1.54, 1.807) is 12.3 Å². The molecule has 3 rings (SSSR count). The Morgan fingerprint density at radius 2 is 1.96 bits per heavy atom. The van der Waals surface area contributed by atoms with Crippen LogP contribution in [0.3, 0.4) is 0 Å². The summed E-state index contributed by atoms with van der Waals surface area (Å²) in [7, 11) is 0. The van der Waals surface area contributed by atoms with Crippen LogP contribution in [0, 0.1) is 6.92 Å². The lowest BCUT2D eigenvalue weighted by atomic mass is 10.1. The molecule has 1 aromatic carbocycles. The van der Waals surface area contributed by atoms with E-state index in [1.165, 1.54) is 19.3 Å². The minimum absolute atomic E-state index is 0.195. The van der Waals surface area contributed by atoms with Crippen molar-refractivity contribution in [1.29, 1.82) is 0 Å². The van der Waals surface area contributed by atoms with E-state index in [0.717, 1.165) is 34.5 Å². The number of hydrogen-bond donors (Lipinski definition) is 1. The number of anilines is 2. The van der Waals surface area contributed by atoms with Crippen molar-refractivity contribution < 1.29 is 4.79 Å². The lowest BCUT2D eigenvalue weighted by molar-refractivity contribution is 0.102.